The van der Waals surface area contributed by atoms with Gasteiger partial charge in [0.25, 0.3) is 0 Å². The predicted molar refractivity (Wildman–Crippen MR) is 63.1 cm³/mol. The van der Waals surface area contributed by atoms with Crippen LogP contribution in [-0.2, 0) is 19.1 Å². The molecule has 4 nitrogen and oxygen atoms in total. The Morgan fingerprint density at radius 3 is 2.65 bits per heavy atom. The molecule has 0 saturated heterocycles. The van der Waals surface area contributed by atoms with E-state index in [2.05, 4.69) is 6.92 Å². The number of hydrogen-bond donors (Lipinski definition) is 0. The molecule has 0 amide bonds. The molecule has 1 aliphatic rings. The molecule has 1 unspecified atom stereocenters. The number of unbranched alkanes of at least 4 members (excludes halogenated alkanes) is 2. The standard InChI is InChI=1S/C13H20O4/c1-4-6-7-8-11(14)17-13-10(5-2)16-9(3)12(13)15/h9H,4-8H2,1-3H3. The first-order valence-electron chi connectivity index (χ1n) is 6.24. The number of ether oxygens (including phenoxy) is 2. The van der Waals surface area contributed by atoms with Crippen LogP contribution in [0.1, 0.15) is 52.9 Å². The lowest BCUT2D eigenvalue weighted by Crippen LogP contribution is -2.16. The summed E-state index contributed by atoms with van der Waals surface area (Å²) in [6.07, 6.45) is 3.24. The third-order valence-corrected chi connectivity index (χ3v) is 2.69. The Morgan fingerprint density at radius 2 is 2.06 bits per heavy atom. The predicted octanol–water partition coefficient (Wildman–Crippen LogP) is 2.72. The average Bonchev–Trinajstić information content (AvgIpc) is 2.57. The Balaban J connectivity index is 2.54. The van der Waals surface area contributed by atoms with E-state index in [4.69, 9.17) is 9.47 Å². The zero-order valence-corrected chi connectivity index (χ0v) is 10.7. The van der Waals surface area contributed by atoms with Crippen LogP contribution in [0.4, 0.5) is 0 Å². The van der Waals surface area contributed by atoms with Crippen molar-refractivity contribution in [3.8, 4) is 0 Å². The van der Waals surface area contributed by atoms with Crippen molar-refractivity contribution >= 4 is 11.8 Å². The summed E-state index contributed by atoms with van der Waals surface area (Å²) >= 11 is 0. The fraction of sp³-hybridized carbons (Fsp3) is 0.692. The Hall–Kier alpha value is -1.32. The molecule has 0 aliphatic carbocycles. The zero-order valence-electron chi connectivity index (χ0n) is 10.7. The molecule has 1 aliphatic heterocycles. The summed E-state index contributed by atoms with van der Waals surface area (Å²) in [5.41, 5.74) is 0. The Kier molecular flexibility index (Phi) is 5.19. The summed E-state index contributed by atoms with van der Waals surface area (Å²) in [5, 5.41) is 0. The Morgan fingerprint density at radius 1 is 1.35 bits per heavy atom. The largest absolute Gasteiger partial charge is 0.483 e. The van der Waals surface area contributed by atoms with E-state index in [1.54, 1.807) is 6.92 Å². The smallest absolute Gasteiger partial charge is 0.311 e. The SMILES string of the molecule is CCCCCC(=O)OC1=C(CC)OC(C)C1=O. The van der Waals surface area contributed by atoms with Crippen molar-refractivity contribution in [1.82, 2.24) is 0 Å². The van der Waals surface area contributed by atoms with Gasteiger partial charge in [0.2, 0.25) is 11.5 Å². The van der Waals surface area contributed by atoms with E-state index in [0.29, 0.717) is 18.6 Å². The Labute approximate surface area is 102 Å². The highest BCUT2D eigenvalue weighted by Crippen LogP contribution is 2.25. The molecule has 0 N–H and O–H groups in total. The lowest BCUT2D eigenvalue weighted by Gasteiger charge is -2.04. The lowest BCUT2D eigenvalue weighted by molar-refractivity contribution is -0.142. The number of esters is 1. The van der Waals surface area contributed by atoms with Gasteiger partial charge in [0.05, 0.1) is 0 Å². The van der Waals surface area contributed by atoms with Gasteiger partial charge in [-0.25, -0.2) is 0 Å². The second-order valence-electron chi connectivity index (χ2n) is 4.16. The van der Waals surface area contributed by atoms with Gasteiger partial charge in [0.15, 0.2) is 6.10 Å². The molecule has 0 spiro atoms. The summed E-state index contributed by atoms with van der Waals surface area (Å²) in [6, 6.07) is 0. The van der Waals surface area contributed by atoms with Crippen LogP contribution >= 0.6 is 0 Å². The van der Waals surface area contributed by atoms with Crippen LogP contribution in [0.2, 0.25) is 0 Å². The summed E-state index contributed by atoms with van der Waals surface area (Å²) in [4.78, 5) is 23.2. The van der Waals surface area contributed by atoms with Crippen LogP contribution in [0.3, 0.4) is 0 Å². The minimum Gasteiger partial charge on any atom is -0.483 e. The quantitative estimate of drug-likeness (QED) is 0.529. The molecule has 1 rings (SSSR count). The number of carbonyl (C=O) groups excluding carboxylic acids is 2. The van der Waals surface area contributed by atoms with Crippen LogP contribution in [0, 0.1) is 0 Å². The molecule has 4 heteroatoms. The first-order valence-corrected chi connectivity index (χ1v) is 6.24. The average molecular weight is 240 g/mol. The third-order valence-electron chi connectivity index (χ3n) is 2.69. The van der Waals surface area contributed by atoms with Gasteiger partial charge in [-0.1, -0.05) is 26.7 Å². The number of hydrogen-bond acceptors (Lipinski definition) is 4. The maximum Gasteiger partial charge on any atom is 0.311 e. The molecule has 0 aromatic heterocycles. The molecule has 96 valence electrons. The summed E-state index contributed by atoms with van der Waals surface area (Å²) < 4.78 is 10.4. The van der Waals surface area contributed by atoms with Crippen LogP contribution in [0.25, 0.3) is 0 Å². The van der Waals surface area contributed by atoms with E-state index in [1.165, 1.54) is 0 Å². The number of carbonyl (C=O) groups is 2. The molecule has 0 bridgehead atoms. The van der Waals surface area contributed by atoms with Crippen molar-refractivity contribution in [2.24, 2.45) is 0 Å². The maximum absolute atomic E-state index is 11.7. The van der Waals surface area contributed by atoms with Gasteiger partial charge < -0.3 is 9.47 Å². The summed E-state index contributed by atoms with van der Waals surface area (Å²) in [6.45, 7) is 5.60. The molecular weight excluding hydrogens is 220 g/mol. The minimum atomic E-state index is -0.525. The highest BCUT2D eigenvalue weighted by molar-refractivity contribution is 6.00. The van der Waals surface area contributed by atoms with E-state index < -0.39 is 6.10 Å². The third kappa shape index (κ3) is 3.58. The second-order valence-corrected chi connectivity index (χ2v) is 4.16. The fourth-order valence-electron chi connectivity index (χ4n) is 1.68. The van der Waals surface area contributed by atoms with Crippen molar-refractivity contribution in [2.45, 2.75) is 59.0 Å². The van der Waals surface area contributed by atoms with E-state index in [0.717, 1.165) is 19.3 Å². The van der Waals surface area contributed by atoms with E-state index >= 15 is 0 Å². The van der Waals surface area contributed by atoms with E-state index in [-0.39, 0.29) is 17.5 Å². The molecule has 17 heavy (non-hydrogen) atoms. The van der Waals surface area contributed by atoms with Gasteiger partial charge in [0, 0.05) is 12.8 Å². The van der Waals surface area contributed by atoms with Crippen LogP contribution in [0.5, 0.6) is 0 Å². The molecule has 0 fully saturated rings. The van der Waals surface area contributed by atoms with Gasteiger partial charge in [-0.05, 0) is 13.3 Å². The maximum atomic E-state index is 11.7. The highest BCUT2D eigenvalue weighted by atomic mass is 16.6. The zero-order chi connectivity index (χ0) is 12.8. The molecule has 1 heterocycles. The molecule has 1 atom stereocenters. The van der Waals surface area contributed by atoms with Crippen LogP contribution in [0.15, 0.2) is 11.5 Å². The Bertz CT molecular complexity index is 330. The van der Waals surface area contributed by atoms with Crippen LogP contribution in [-0.4, -0.2) is 17.9 Å². The molecule has 0 radical (unpaired) electrons. The topological polar surface area (TPSA) is 52.6 Å². The second kappa shape index (κ2) is 6.42. The number of Topliss-reactive ketones (excluding diaryl/α,β-unsaturated/α-hetero) is 1. The molecule has 0 saturated carbocycles. The van der Waals surface area contributed by atoms with Gasteiger partial charge in [0.1, 0.15) is 5.76 Å². The van der Waals surface area contributed by atoms with Gasteiger partial charge in [-0.2, -0.15) is 0 Å². The molecular formula is C13H20O4. The van der Waals surface area contributed by atoms with Gasteiger partial charge in [-0.3, -0.25) is 9.59 Å². The number of ketones is 1. The molecule has 0 aromatic carbocycles. The van der Waals surface area contributed by atoms with Crippen molar-refractivity contribution < 1.29 is 19.1 Å². The van der Waals surface area contributed by atoms with Gasteiger partial charge >= 0.3 is 5.97 Å². The van der Waals surface area contributed by atoms with Gasteiger partial charge in [-0.15, -0.1) is 0 Å². The van der Waals surface area contributed by atoms with E-state index in [1.807, 2.05) is 6.92 Å². The van der Waals surface area contributed by atoms with Crippen molar-refractivity contribution in [2.75, 3.05) is 0 Å². The minimum absolute atomic E-state index is 0.112. The molecule has 0 aromatic rings. The summed E-state index contributed by atoms with van der Waals surface area (Å²) in [5.74, 6) is 0.0315. The number of allylic oxidation sites excluding steroid dienone is 1. The lowest BCUT2D eigenvalue weighted by atomic mass is 10.2. The van der Waals surface area contributed by atoms with Crippen LogP contribution < -0.4 is 0 Å². The monoisotopic (exact) mass is 240 g/mol. The fourth-order valence-corrected chi connectivity index (χ4v) is 1.68. The first kappa shape index (κ1) is 13.7. The highest BCUT2D eigenvalue weighted by Gasteiger charge is 2.33. The van der Waals surface area contributed by atoms with Crippen molar-refractivity contribution in [3.63, 3.8) is 0 Å². The number of rotatable bonds is 6. The van der Waals surface area contributed by atoms with E-state index in [9.17, 15) is 9.59 Å². The first-order chi connectivity index (χ1) is 8.10. The van der Waals surface area contributed by atoms with Crippen molar-refractivity contribution in [3.05, 3.63) is 11.5 Å². The van der Waals surface area contributed by atoms with Crippen molar-refractivity contribution in [1.29, 1.82) is 0 Å². The summed E-state index contributed by atoms with van der Waals surface area (Å²) in [7, 11) is 0. The normalized spacial score (nSPS) is 19.5.